The average Bonchev–Trinajstić information content (AvgIpc) is 3.09. The lowest BCUT2D eigenvalue weighted by Gasteiger charge is -2.17. The third-order valence-corrected chi connectivity index (χ3v) is 5.17. The van der Waals surface area contributed by atoms with Gasteiger partial charge in [0.15, 0.2) is 0 Å². The summed E-state index contributed by atoms with van der Waals surface area (Å²) in [5.74, 6) is -0.612. The monoisotopic (exact) mass is 399 g/mol. The number of hydrogen-bond acceptors (Lipinski definition) is 5. The van der Waals surface area contributed by atoms with E-state index in [2.05, 4.69) is 21.5 Å². The largest absolute Gasteiger partial charge is 0.481 e. The fourth-order valence-corrected chi connectivity index (χ4v) is 3.85. The van der Waals surface area contributed by atoms with Gasteiger partial charge in [-0.1, -0.05) is 19.9 Å². The maximum absolute atomic E-state index is 11.9. The van der Waals surface area contributed by atoms with E-state index in [1.807, 2.05) is 19.9 Å². The lowest BCUT2D eigenvalue weighted by atomic mass is 9.89. The van der Waals surface area contributed by atoms with Gasteiger partial charge in [-0.05, 0) is 36.8 Å². The number of fused-ring (bicyclic) bond motifs is 1. The molecule has 0 aliphatic carbocycles. The fraction of sp³-hybridized carbons (Fsp3) is 0.524. The number of nitrogens with one attached hydrogen (secondary N) is 1. The summed E-state index contributed by atoms with van der Waals surface area (Å²) < 4.78 is 1.68. The van der Waals surface area contributed by atoms with Crippen molar-refractivity contribution in [1.82, 2.24) is 14.8 Å². The number of nitrogens with zero attached hydrogens (tertiary/aromatic N) is 3. The van der Waals surface area contributed by atoms with Gasteiger partial charge >= 0.3 is 5.97 Å². The average molecular weight is 399 g/mol. The van der Waals surface area contributed by atoms with Crippen LogP contribution in [0.25, 0.3) is 0 Å². The summed E-state index contributed by atoms with van der Waals surface area (Å²) in [7, 11) is 0. The summed E-state index contributed by atoms with van der Waals surface area (Å²) in [6.07, 6.45) is 5.00. The number of carbonyl (C=O) groups excluding carboxylic acids is 1. The minimum Gasteiger partial charge on any atom is -0.481 e. The van der Waals surface area contributed by atoms with Crippen molar-refractivity contribution < 1.29 is 14.7 Å². The summed E-state index contributed by atoms with van der Waals surface area (Å²) in [4.78, 5) is 27.9. The SMILES string of the molecule is CC(C)CC(CC(=O)O)c1nn(CCc2ccc3c(n2)NCCC3)cc1C(N)=O. The second kappa shape index (κ2) is 9.07. The highest BCUT2D eigenvalue weighted by Gasteiger charge is 2.25. The molecule has 4 N–H and O–H groups in total. The lowest BCUT2D eigenvalue weighted by Crippen LogP contribution is -2.17. The zero-order valence-corrected chi connectivity index (χ0v) is 17.0. The van der Waals surface area contributed by atoms with Gasteiger partial charge in [-0.15, -0.1) is 0 Å². The minimum atomic E-state index is -0.911. The Labute approximate surface area is 170 Å². The van der Waals surface area contributed by atoms with Crippen LogP contribution in [0.2, 0.25) is 0 Å². The molecule has 8 nitrogen and oxygen atoms in total. The molecule has 8 heteroatoms. The highest BCUT2D eigenvalue weighted by molar-refractivity contribution is 5.94. The van der Waals surface area contributed by atoms with E-state index < -0.39 is 11.9 Å². The first-order valence-corrected chi connectivity index (χ1v) is 10.1. The zero-order valence-electron chi connectivity index (χ0n) is 17.0. The van der Waals surface area contributed by atoms with E-state index in [1.54, 1.807) is 10.9 Å². The Morgan fingerprint density at radius 3 is 2.83 bits per heavy atom. The second-order valence-electron chi connectivity index (χ2n) is 8.07. The van der Waals surface area contributed by atoms with Crippen LogP contribution in [0.5, 0.6) is 0 Å². The molecule has 1 unspecified atom stereocenters. The van der Waals surface area contributed by atoms with Crippen molar-refractivity contribution in [1.29, 1.82) is 0 Å². The number of aromatic nitrogens is 3. The summed E-state index contributed by atoms with van der Waals surface area (Å²) in [6.45, 7) is 5.51. The number of carboxylic acid groups (broad SMARTS) is 1. The summed E-state index contributed by atoms with van der Waals surface area (Å²) >= 11 is 0. The third-order valence-electron chi connectivity index (χ3n) is 5.17. The van der Waals surface area contributed by atoms with Gasteiger partial charge in [0.1, 0.15) is 5.82 Å². The van der Waals surface area contributed by atoms with Crippen molar-refractivity contribution >= 4 is 17.7 Å². The first-order valence-electron chi connectivity index (χ1n) is 10.1. The first-order chi connectivity index (χ1) is 13.8. The molecule has 0 spiro atoms. The van der Waals surface area contributed by atoms with Crippen LogP contribution in [0.3, 0.4) is 0 Å². The quantitative estimate of drug-likeness (QED) is 0.595. The molecule has 0 bridgehead atoms. The van der Waals surface area contributed by atoms with Crippen LogP contribution in [0, 0.1) is 5.92 Å². The minimum absolute atomic E-state index is 0.0759. The standard InChI is InChI=1S/C21H29N5O3/c1-13(2)10-15(11-18(27)28)19-17(20(22)29)12-26(25-19)9-7-16-6-5-14-4-3-8-23-21(14)24-16/h5-6,12-13,15H,3-4,7-11H2,1-2H3,(H2,22,29)(H,23,24)(H,27,28). The van der Waals surface area contributed by atoms with Crippen LogP contribution in [-0.4, -0.2) is 38.3 Å². The van der Waals surface area contributed by atoms with Crippen molar-refractivity contribution in [3.05, 3.63) is 40.8 Å². The molecule has 2 aromatic heterocycles. The molecular weight excluding hydrogens is 370 g/mol. The molecule has 1 aliphatic heterocycles. The Bertz CT molecular complexity index is 890. The molecule has 0 saturated carbocycles. The predicted octanol–water partition coefficient (Wildman–Crippen LogP) is 2.58. The number of nitrogens with two attached hydrogens (primary N) is 1. The van der Waals surface area contributed by atoms with Crippen LogP contribution < -0.4 is 11.1 Å². The number of primary amides is 1. The summed E-state index contributed by atoms with van der Waals surface area (Å²) in [5, 5.41) is 17.2. The summed E-state index contributed by atoms with van der Waals surface area (Å²) in [5.41, 5.74) is 8.52. The molecule has 2 aromatic rings. The van der Waals surface area contributed by atoms with Crippen LogP contribution in [0.4, 0.5) is 5.82 Å². The number of anilines is 1. The maximum Gasteiger partial charge on any atom is 0.304 e. The van der Waals surface area contributed by atoms with E-state index in [9.17, 15) is 14.7 Å². The zero-order chi connectivity index (χ0) is 21.0. The molecule has 0 saturated heterocycles. The molecule has 156 valence electrons. The highest BCUT2D eigenvalue weighted by Crippen LogP contribution is 2.29. The van der Waals surface area contributed by atoms with Crippen molar-refractivity contribution in [2.24, 2.45) is 11.7 Å². The van der Waals surface area contributed by atoms with Crippen LogP contribution in [0.1, 0.15) is 66.3 Å². The number of pyridine rings is 1. The van der Waals surface area contributed by atoms with E-state index in [0.29, 0.717) is 30.6 Å². The van der Waals surface area contributed by atoms with E-state index >= 15 is 0 Å². The first kappa shape index (κ1) is 20.8. The Morgan fingerprint density at radius 1 is 1.34 bits per heavy atom. The van der Waals surface area contributed by atoms with Gasteiger partial charge in [-0.2, -0.15) is 5.10 Å². The van der Waals surface area contributed by atoms with Gasteiger partial charge in [-0.25, -0.2) is 4.98 Å². The van der Waals surface area contributed by atoms with Gasteiger partial charge in [0.2, 0.25) is 0 Å². The maximum atomic E-state index is 11.9. The third kappa shape index (κ3) is 5.34. The normalized spacial score (nSPS) is 14.3. The molecule has 29 heavy (non-hydrogen) atoms. The van der Waals surface area contributed by atoms with E-state index in [1.165, 1.54) is 5.56 Å². The van der Waals surface area contributed by atoms with E-state index in [-0.39, 0.29) is 18.3 Å². The smallest absolute Gasteiger partial charge is 0.304 e. The number of carboxylic acids is 1. The fourth-order valence-electron chi connectivity index (χ4n) is 3.85. The Hall–Kier alpha value is -2.90. The van der Waals surface area contributed by atoms with Gasteiger partial charge < -0.3 is 16.2 Å². The molecular formula is C21H29N5O3. The number of aliphatic carboxylic acids is 1. The molecule has 0 radical (unpaired) electrons. The van der Waals surface area contributed by atoms with E-state index in [0.717, 1.165) is 30.9 Å². The van der Waals surface area contributed by atoms with Gasteiger partial charge in [-0.3, -0.25) is 14.3 Å². The molecule has 3 heterocycles. The second-order valence-corrected chi connectivity index (χ2v) is 8.07. The number of hydrogen-bond donors (Lipinski definition) is 3. The molecule has 1 amide bonds. The van der Waals surface area contributed by atoms with Crippen molar-refractivity contribution in [3.8, 4) is 0 Å². The molecule has 0 fully saturated rings. The number of amides is 1. The number of carbonyl (C=O) groups is 2. The van der Waals surface area contributed by atoms with Crippen molar-refractivity contribution in [2.75, 3.05) is 11.9 Å². The predicted molar refractivity (Wildman–Crippen MR) is 110 cm³/mol. The van der Waals surface area contributed by atoms with Crippen molar-refractivity contribution in [3.63, 3.8) is 0 Å². The van der Waals surface area contributed by atoms with Gasteiger partial charge in [0.25, 0.3) is 5.91 Å². The number of rotatable bonds is 9. The Morgan fingerprint density at radius 2 is 2.14 bits per heavy atom. The van der Waals surface area contributed by atoms with Crippen LogP contribution >= 0.6 is 0 Å². The summed E-state index contributed by atoms with van der Waals surface area (Å²) in [6, 6.07) is 4.13. The molecule has 1 atom stereocenters. The van der Waals surface area contributed by atoms with Gasteiger partial charge in [0, 0.05) is 37.3 Å². The van der Waals surface area contributed by atoms with E-state index in [4.69, 9.17) is 5.73 Å². The topological polar surface area (TPSA) is 123 Å². The molecule has 0 aromatic carbocycles. The number of aryl methyl sites for hydroxylation is 3. The highest BCUT2D eigenvalue weighted by atomic mass is 16.4. The van der Waals surface area contributed by atoms with Crippen LogP contribution in [-0.2, 0) is 24.2 Å². The lowest BCUT2D eigenvalue weighted by molar-refractivity contribution is -0.137. The Kier molecular flexibility index (Phi) is 6.51. The molecule has 1 aliphatic rings. The molecule has 3 rings (SSSR count). The van der Waals surface area contributed by atoms with Crippen molar-refractivity contribution in [2.45, 2.75) is 58.4 Å². The Balaban J connectivity index is 1.78. The van der Waals surface area contributed by atoms with Crippen LogP contribution in [0.15, 0.2) is 18.3 Å². The van der Waals surface area contributed by atoms with Gasteiger partial charge in [0.05, 0.1) is 17.7 Å².